The van der Waals surface area contributed by atoms with Crippen molar-refractivity contribution in [3.05, 3.63) is 53.6 Å². The van der Waals surface area contributed by atoms with Crippen LogP contribution in [0.2, 0.25) is 0 Å². The molecule has 1 saturated heterocycles. The first-order valence-corrected chi connectivity index (χ1v) is 9.08. The van der Waals surface area contributed by atoms with Crippen LogP contribution in [0.4, 0.5) is 8.78 Å². The zero-order valence-corrected chi connectivity index (χ0v) is 16.1. The average molecular weight is 391 g/mol. The molecule has 1 aliphatic heterocycles. The third kappa shape index (κ3) is 4.03. The zero-order valence-electron chi connectivity index (χ0n) is 16.1. The van der Waals surface area contributed by atoms with E-state index in [1.54, 1.807) is 32.1 Å². The zero-order chi connectivity index (χ0) is 20.3. The number of hydrogen-bond donors (Lipinski definition) is 0. The van der Waals surface area contributed by atoms with E-state index < -0.39 is 17.7 Å². The molecule has 3 rings (SSSR count). The lowest BCUT2D eigenvalue weighted by molar-refractivity contribution is -0.139. The maximum atomic E-state index is 13.4. The smallest absolute Gasteiger partial charge is 0.263 e. The van der Waals surface area contributed by atoms with Gasteiger partial charge in [-0.15, -0.1) is 0 Å². The van der Waals surface area contributed by atoms with E-state index >= 15 is 0 Å². The highest BCUT2D eigenvalue weighted by Crippen LogP contribution is 2.39. The van der Waals surface area contributed by atoms with E-state index in [0.717, 1.165) is 30.5 Å². The van der Waals surface area contributed by atoms with Gasteiger partial charge in [0.15, 0.2) is 17.7 Å². The van der Waals surface area contributed by atoms with Gasteiger partial charge in [-0.1, -0.05) is 0 Å². The fourth-order valence-corrected chi connectivity index (χ4v) is 3.49. The van der Waals surface area contributed by atoms with Crippen LogP contribution >= 0.6 is 0 Å². The molecule has 5 nitrogen and oxygen atoms in total. The Labute approximate surface area is 162 Å². The number of methoxy groups -OCH3 is 2. The van der Waals surface area contributed by atoms with Crippen molar-refractivity contribution in [1.82, 2.24) is 4.90 Å². The van der Waals surface area contributed by atoms with Crippen LogP contribution < -0.4 is 14.2 Å². The number of nitrogens with zero attached hydrogens (tertiary/aromatic N) is 1. The van der Waals surface area contributed by atoms with Crippen LogP contribution in [-0.2, 0) is 4.79 Å². The molecule has 1 aliphatic rings. The van der Waals surface area contributed by atoms with Gasteiger partial charge in [-0.3, -0.25) is 4.79 Å². The van der Waals surface area contributed by atoms with Crippen molar-refractivity contribution in [2.45, 2.75) is 31.9 Å². The van der Waals surface area contributed by atoms with Gasteiger partial charge < -0.3 is 19.1 Å². The van der Waals surface area contributed by atoms with Gasteiger partial charge in [0.25, 0.3) is 5.91 Å². The summed E-state index contributed by atoms with van der Waals surface area (Å²) < 4.78 is 42.8. The standard InChI is InChI=1S/C21H23F2NO4/c1-13(28-15-6-8-17(22)18(23)12-15)21(25)24-10-4-5-19(24)16-11-14(26-2)7-9-20(16)27-3/h6-9,11-13,19H,4-5,10H2,1-3H3. The van der Waals surface area contributed by atoms with Gasteiger partial charge in [-0.05, 0) is 50.1 Å². The lowest BCUT2D eigenvalue weighted by Crippen LogP contribution is -2.40. The molecular formula is C21H23F2NO4. The molecular weight excluding hydrogens is 368 g/mol. The van der Waals surface area contributed by atoms with E-state index in [1.165, 1.54) is 6.07 Å². The maximum Gasteiger partial charge on any atom is 0.263 e. The molecule has 0 aromatic heterocycles. The molecule has 150 valence electrons. The molecule has 1 fully saturated rings. The van der Waals surface area contributed by atoms with E-state index in [9.17, 15) is 13.6 Å². The summed E-state index contributed by atoms with van der Waals surface area (Å²) in [5, 5.41) is 0. The summed E-state index contributed by atoms with van der Waals surface area (Å²) in [5.41, 5.74) is 0.868. The van der Waals surface area contributed by atoms with E-state index in [-0.39, 0.29) is 17.7 Å². The molecule has 2 aromatic carbocycles. The van der Waals surface area contributed by atoms with Crippen molar-refractivity contribution < 1.29 is 27.8 Å². The Hall–Kier alpha value is -2.83. The molecule has 0 aliphatic carbocycles. The molecule has 28 heavy (non-hydrogen) atoms. The van der Waals surface area contributed by atoms with Crippen molar-refractivity contribution in [2.75, 3.05) is 20.8 Å². The highest BCUT2D eigenvalue weighted by molar-refractivity contribution is 5.81. The van der Waals surface area contributed by atoms with Crippen LogP contribution in [0.5, 0.6) is 17.2 Å². The minimum atomic E-state index is -1.02. The highest BCUT2D eigenvalue weighted by Gasteiger charge is 2.35. The Morgan fingerprint density at radius 1 is 1.07 bits per heavy atom. The van der Waals surface area contributed by atoms with Gasteiger partial charge in [-0.25, -0.2) is 8.78 Å². The number of carbonyl (C=O) groups is 1. The van der Waals surface area contributed by atoms with Gasteiger partial charge >= 0.3 is 0 Å². The van der Waals surface area contributed by atoms with Crippen molar-refractivity contribution in [1.29, 1.82) is 0 Å². The second-order valence-corrected chi connectivity index (χ2v) is 6.63. The van der Waals surface area contributed by atoms with Crippen LogP contribution in [0.25, 0.3) is 0 Å². The molecule has 0 saturated carbocycles. The predicted octanol–water partition coefficient (Wildman–Crippen LogP) is 4.11. The quantitative estimate of drug-likeness (QED) is 0.744. The Kier molecular flexibility index (Phi) is 6.02. The predicted molar refractivity (Wildman–Crippen MR) is 99.7 cm³/mol. The van der Waals surface area contributed by atoms with Crippen LogP contribution in [0.1, 0.15) is 31.4 Å². The van der Waals surface area contributed by atoms with E-state index in [2.05, 4.69) is 0 Å². The third-order valence-electron chi connectivity index (χ3n) is 4.88. The summed E-state index contributed by atoms with van der Waals surface area (Å²) in [5.74, 6) is -0.735. The molecule has 2 unspecified atom stereocenters. The minimum absolute atomic E-state index is 0.106. The van der Waals surface area contributed by atoms with E-state index in [4.69, 9.17) is 14.2 Å². The number of benzene rings is 2. The third-order valence-corrected chi connectivity index (χ3v) is 4.88. The van der Waals surface area contributed by atoms with Gasteiger partial charge in [0.2, 0.25) is 0 Å². The first-order chi connectivity index (χ1) is 13.4. The molecule has 2 atom stereocenters. The summed E-state index contributed by atoms with van der Waals surface area (Å²) >= 11 is 0. The molecule has 2 aromatic rings. The largest absolute Gasteiger partial charge is 0.497 e. The number of hydrogen-bond acceptors (Lipinski definition) is 4. The molecule has 1 heterocycles. The summed E-state index contributed by atoms with van der Waals surface area (Å²) in [4.78, 5) is 14.7. The normalized spacial score (nSPS) is 17.3. The van der Waals surface area contributed by atoms with E-state index in [0.29, 0.717) is 18.0 Å². The molecule has 0 spiro atoms. The van der Waals surface area contributed by atoms with Crippen LogP contribution in [0.15, 0.2) is 36.4 Å². The van der Waals surface area contributed by atoms with Crippen LogP contribution in [-0.4, -0.2) is 37.7 Å². The number of carbonyl (C=O) groups excluding carboxylic acids is 1. The molecule has 7 heteroatoms. The van der Waals surface area contributed by atoms with E-state index in [1.807, 2.05) is 12.1 Å². The SMILES string of the molecule is COc1ccc(OC)c(C2CCCN2C(=O)C(C)Oc2ccc(F)c(F)c2)c1. The fraction of sp³-hybridized carbons (Fsp3) is 0.381. The summed E-state index contributed by atoms with van der Waals surface area (Å²) in [7, 11) is 3.17. The number of likely N-dealkylation sites (tertiary alicyclic amines) is 1. The van der Waals surface area contributed by atoms with Crippen LogP contribution in [0.3, 0.4) is 0 Å². The van der Waals surface area contributed by atoms with Crippen molar-refractivity contribution in [2.24, 2.45) is 0 Å². The van der Waals surface area contributed by atoms with Gasteiger partial charge in [0.05, 0.1) is 20.3 Å². The summed E-state index contributed by atoms with van der Waals surface area (Å²) in [6.45, 7) is 2.18. The molecule has 1 amide bonds. The average Bonchev–Trinajstić information content (AvgIpc) is 3.19. The van der Waals surface area contributed by atoms with Gasteiger partial charge in [0.1, 0.15) is 17.2 Å². The lowest BCUT2D eigenvalue weighted by atomic mass is 10.0. The first-order valence-electron chi connectivity index (χ1n) is 9.08. The maximum absolute atomic E-state index is 13.4. The Balaban J connectivity index is 1.80. The first kappa shape index (κ1) is 19.9. The molecule has 0 N–H and O–H groups in total. The number of halogens is 2. The van der Waals surface area contributed by atoms with Crippen molar-refractivity contribution >= 4 is 5.91 Å². The monoisotopic (exact) mass is 391 g/mol. The highest BCUT2D eigenvalue weighted by atomic mass is 19.2. The minimum Gasteiger partial charge on any atom is -0.497 e. The van der Waals surface area contributed by atoms with Crippen molar-refractivity contribution in [3.8, 4) is 17.2 Å². The fourth-order valence-electron chi connectivity index (χ4n) is 3.49. The van der Waals surface area contributed by atoms with Crippen LogP contribution in [0, 0.1) is 11.6 Å². The topological polar surface area (TPSA) is 48.0 Å². The number of amides is 1. The number of rotatable bonds is 6. The number of ether oxygens (including phenoxy) is 3. The second-order valence-electron chi connectivity index (χ2n) is 6.63. The van der Waals surface area contributed by atoms with Gasteiger partial charge in [0, 0.05) is 18.2 Å². The summed E-state index contributed by atoms with van der Waals surface area (Å²) in [6, 6.07) is 8.53. The Morgan fingerprint density at radius 3 is 2.50 bits per heavy atom. The second kappa shape index (κ2) is 8.46. The Morgan fingerprint density at radius 2 is 1.82 bits per heavy atom. The summed E-state index contributed by atoms with van der Waals surface area (Å²) in [6.07, 6.45) is 0.782. The molecule has 0 radical (unpaired) electrons. The Bertz CT molecular complexity index is 858. The lowest BCUT2D eigenvalue weighted by Gasteiger charge is -2.29. The van der Waals surface area contributed by atoms with Crippen molar-refractivity contribution in [3.63, 3.8) is 0 Å². The van der Waals surface area contributed by atoms with Gasteiger partial charge in [-0.2, -0.15) is 0 Å². The molecule has 0 bridgehead atoms.